The fraction of sp³-hybridized carbons (Fsp3) is 0.273. The lowest BCUT2D eigenvalue weighted by atomic mass is 10.0. The van der Waals surface area contributed by atoms with Crippen molar-refractivity contribution >= 4 is 41.6 Å². The van der Waals surface area contributed by atoms with Gasteiger partial charge in [0.15, 0.2) is 0 Å². The molecule has 2 aromatic carbocycles. The number of nitrogens with zero attached hydrogens (tertiary/aromatic N) is 2. The molecular weight excluding hydrogens is 409 g/mol. The number of carbonyl (C=O) groups is 1. The number of rotatable bonds is 3. The minimum atomic E-state index is 0. The van der Waals surface area contributed by atoms with Gasteiger partial charge in [0.05, 0.1) is 23.9 Å². The van der Waals surface area contributed by atoms with Crippen LogP contribution in [0.2, 0.25) is 0 Å². The van der Waals surface area contributed by atoms with Gasteiger partial charge in [-0.3, -0.25) is 4.79 Å². The number of piperidine rings is 1. The second kappa shape index (κ2) is 9.92. The number of carbonyl (C=O) groups excluding carboxylic acids is 1. The van der Waals surface area contributed by atoms with Crippen molar-refractivity contribution in [3.63, 3.8) is 0 Å². The number of hydrogen-bond acceptors (Lipinski definition) is 4. The third-order valence-corrected chi connectivity index (χ3v) is 5.08. The Morgan fingerprint density at radius 3 is 2.55 bits per heavy atom. The average Bonchev–Trinajstić information content (AvgIpc) is 2.72. The van der Waals surface area contributed by atoms with Gasteiger partial charge in [-0.15, -0.1) is 24.8 Å². The molecule has 1 saturated heterocycles. The van der Waals surface area contributed by atoms with Crippen molar-refractivity contribution in [3.05, 3.63) is 60.2 Å². The minimum absolute atomic E-state index is 0. The van der Waals surface area contributed by atoms with E-state index in [1.807, 2.05) is 59.5 Å². The molecule has 154 valence electrons. The van der Waals surface area contributed by atoms with Crippen LogP contribution in [0.25, 0.3) is 22.2 Å². The number of fused-ring (bicyclic) bond motifs is 1. The summed E-state index contributed by atoms with van der Waals surface area (Å²) in [5.74, 6) is 0.816. The van der Waals surface area contributed by atoms with E-state index in [1.54, 1.807) is 7.11 Å². The highest BCUT2D eigenvalue weighted by atomic mass is 35.5. The van der Waals surface area contributed by atoms with E-state index >= 15 is 0 Å². The molecule has 29 heavy (non-hydrogen) atoms. The molecule has 1 aliphatic heterocycles. The lowest BCUT2D eigenvalue weighted by Gasteiger charge is -2.31. The van der Waals surface area contributed by atoms with Crippen molar-refractivity contribution in [2.45, 2.75) is 18.9 Å². The molecule has 1 atom stereocenters. The van der Waals surface area contributed by atoms with Gasteiger partial charge in [-0.25, -0.2) is 4.98 Å². The fourth-order valence-corrected chi connectivity index (χ4v) is 3.63. The van der Waals surface area contributed by atoms with Crippen LogP contribution in [-0.4, -0.2) is 42.0 Å². The zero-order valence-electron chi connectivity index (χ0n) is 16.2. The number of benzene rings is 2. The number of nitrogens with two attached hydrogens (primary N) is 1. The maximum absolute atomic E-state index is 13.3. The fourth-order valence-electron chi connectivity index (χ4n) is 3.63. The lowest BCUT2D eigenvalue weighted by Crippen LogP contribution is -2.45. The van der Waals surface area contributed by atoms with Gasteiger partial charge in [0.1, 0.15) is 5.75 Å². The van der Waals surface area contributed by atoms with Crippen LogP contribution in [0.1, 0.15) is 23.2 Å². The molecule has 1 aromatic heterocycles. The summed E-state index contributed by atoms with van der Waals surface area (Å²) in [6.45, 7) is 1.36. The van der Waals surface area contributed by atoms with Gasteiger partial charge in [0.2, 0.25) is 0 Å². The maximum Gasteiger partial charge on any atom is 0.254 e. The van der Waals surface area contributed by atoms with Crippen molar-refractivity contribution < 1.29 is 9.53 Å². The first-order valence-corrected chi connectivity index (χ1v) is 9.25. The van der Waals surface area contributed by atoms with E-state index in [-0.39, 0.29) is 36.8 Å². The third-order valence-electron chi connectivity index (χ3n) is 5.08. The summed E-state index contributed by atoms with van der Waals surface area (Å²) < 4.78 is 5.23. The van der Waals surface area contributed by atoms with Crippen LogP contribution < -0.4 is 10.5 Å². The molecule has 2 N–H and O–H groups in total. The highest BCUT2D eigenvalue weighted by Crippen LogP contribution is 2.27. The van der Waals surface area contributed by atoms with E-state index in [9.17, 15) is 4.79 Å². The number of ether oxygens (including phenoxy) is 1. The highest BCUT2D eigenvalue weighted by Gasteiger charge is 2.24. The van der Waals surface area contributed by atoms with Crippen molar-refractivity contribution in [1.29, 1.82) is 0 Å². The van der Waals surface area contributed by atoms with Crippen LogP contribution in [0.15, 0.2) is 54.6 Å². The highest BCUT2D eigenvalue weighted by molar-refractivity contribution is 6.07. The van der Waals surface area contributed by atoms with Gasteiger partial charge >= 0.3 is 0 Å². The van der Waals surface area contributed by atoms with Crippen LogP contribution in [0, 0.1) is 0 Å². The molecular formula is C22H25Cl2N3O2. The molecule has 7 heteroatoms. The molecule has 0 spiro atoms. The zero-order chi connectivity index (χ0) is 18.8. The second-order valence-electron chi connectivity index (χ2n) is 6.95. The summed E-state index contributed by atoms with van der Waals surface area (Å²) in [4.78, 5) is 19.9. The van der Waals surface area contributed by atoms with Gasteiger partial charge in [-0.2, -0.15) is 0 Å². The van der Waals surface area contributed by atoms with Crippen LogP contribution in [0.4, 0.5) is 0 Å². The number of halogens is 2. The summed E-state index contributed by atoms with van der Waals surface area (Å²) >= 11 is 0. The topological polar surface area (TPSA) is 68.5 Å². The Labute approximate surface area is 183 Å². The average molecular weight is 434 g/mol. The standard InChI is InChI=1S/C22H23N3O2.2ClH/c1-27-17-10-8-15(9-11-17)21-13-19(18-6-2-3-7-20(18)24-21)22(26)25-12-4-5-16(23)14-25;;/h2-3,6-11,13,16H,4-5,12,14,23H2,1H3;2*1H. The zero-order valence-corrected chi connectivity index (χ0v) is 17.8. The predicted molar refractivity (Wildman–Crippen MR) is 121 cm³/mol. The normalized spacial score (nSPS) is 15.9. The molecule has 3 aromatic rings. The molecule has 1 amide bonds. The number of likely N-dealkylation sites (tertiary alicyclic amines) is 1. The van der Waals surface area contributed by atoms with Gasteiger partial charge in [-0.05, 0) is 49.2 Å². The first-order valence-electron chi connectivity index (χ1n) is 9.25. The van der Waals surface area contributed by atoms with Crippen molar-refractivity contribution in [3.8, 4) is 17.0 Å². The number of aromatic nitrogens is 1. The van der Waals surface area contributed by atoms with Gasteiger partial charge in [0.25, 0.3) is 5.91 Å². The van der Waals surface area contributed by atoms with Crippen molar-refractivity contribution in [1.82, 2.24) is 9.88 Å². The molecule has 0 saturated carbocycles. The predicted octanol–water partition coefficient (Wildman–Crippen LogP) is 4.32. The Morgan fingerprint density at radius 1 is 1.14 bits per heavy atom. The van der Waals surface area contributed by atoms with Crippen molar-refractivity contribution in [2.24, 2.45) is 5.73 Å². The largest absolute Gasteiger partial charge is 0.497 e. The van der Waals surface area contributed by atoms with E-state index in [0.717, 1.165) is 47.3 Å². The number of hydrogen-bond donors (Lipinski definition) is 1. The van der Waals surface area contributed by atoms with Crippen LogP contribution in [-0.2, 0) is 0 Å². The minimum Gasteiger partial charge on any atom is -0.497 e. The van der Waals surface area contributed by atoms with Crippen LogP contribution >= 0.6 is 24.8 Å². The monoisotopic (exact) mass is 433 g/mol. The Hall–Kier alpha value is -2.34. The number of methoxy groups -OCH3 is 1. The molecule has 4 rings (SSSR count). The summed E-state index contributed by atoms with van der Waals surface area (Å²) in [6.07, 6.45) is 1.92. The first kappa shape index (κ1) is 22.9. The number of amides is 1. The van der Waals surface area contributed by atoms with Crippen LogP contribution in [0.5, 0.6) is 5.75 Å². The number of para-hydroxylation sites is 1. The maximum atomic E-state index is 13.3. The molecule has 1 fully saturated rings. The van der Waals surface area contributed by atoms with Gasteiger partial charge < -0.3 is 15.4 Å². The Bertz CT molecular complexity index is 979. The Balaban J connectivity index is 0.00000150. The smallest absolute Gasteiger partial charge is 0.254 e. The van der Waals surface area contributed by atoms with Crippen LogP contribution in [0.3, 0.4) is 0 Å². The summed E-state index contributed by atoms with van der Waals surface area (Å²) in [5, 5.41) is 0.874. The van der Waals surface area contributed by atoms with E-state index in [0.29, 0.717) is 12.1 Å². The van der Waals surface area contributed by atoms with Crippen molar-refractivity contribution in [2.75, 3.05) is 20.2 Å². The van der Waals surface area contributed by atoms with E-state index in [4.69, 9.17) is 15.5 Å². The van der Waals surface area contributed by atoms with Gasteiger partial charge in [0, 0.05) is 30.1 Å². The quantitative estimate of drug-likeness (QED) is 0.667. The molecule has 5 nitrogen and oxygen atoms in total. The third kappa shape index (κ3) is 4.81. The van der Waals surface area contributed by atoms with Gasteiger partial charge in [-0.1, -0.05) is 18.2 Å². The SMILES string of the molecule is COc1ccc(-c2cc(C(=O)N3CCCC(N)C3)c3ccccc3n2)cc1.Cl.Cl. The molecule has 0 aliphatic carbocycles. The molecule has 1 aliphatic rings. The second-order valence-corrected chi connectivity index (χ2v) is 6.95. The Morgan fingerprint density at radius 2 is 1.86 bits per heavy atom. The molecule has 0 bridgehead atoms. The summed E-state index contributed by atoms with van der Waals surface area (Å²) in [6, 6.07) is 17.5. The van der Waals surface area contributed by atoms with E-state index in [1.165, 1.54) is 0 Å². The number of pyridine rings is 1. The first-order chi connectivity index (χ1) is 13.2. The van der Waals surface area contributed by atoms with E-state index < -0.39 is 0 Å². The molecule has 2 heterocycles. The molecule has 0 radical (unpaired) electrons. The lowest BCUT2D eigenvalue weighted by molar-refractivity contribution is 0.0711. The van der Waals surface area contributed by atoms with E-state index in [2.05, 4.69) is 0 Å². The molecule has 1 unspecified atom stereocenters. The summed E-state index contributed by atoms with van der Waals surface area (Å²) in [7, 11) is 1.64. The Kier molecular flexibility index (Phi) is 7.85. The summed E-state index contributed by atoms with van der Waals surface area (Å²) in [5.41, 5.74) is 9.31.